The molecule has 26 heavy (non-hydrogen) atoms. The van der Waals surface area contributed by atoms with Gasteiger partial charge in [-0.05, 0) is 55.3 Å². The van der Waals surface area contributed by atoms with E-state index in [0.717, 1.165) is 22.6 Å². The van der Waals surface area contributed by atoms with Gasteiger partial charge in [-0.2, -0.15) is 0 Å². The zero-order chi connectivity index (χ0) is 18.8. The molecule has 0 fully saturated rings. The number of nitrogens with zero attached hydrogens (tertiary/aromatic N) is 1. The minimum atomic E-state index is -0.395. The van der Waals surface area contributed by atoms with E-state index in [-0.39, 0.29) is 17.4 Å². The van der Waals surface area contributed by atoms with Gasteiger partial charge in [-0.1, -0.05) is 6.92 Å². The Balaban J connectivity index is 1.79. The average Bonchev–Trinajstić information content (AvgIpc) is 2.86. The number of fused-ring (bicyclic) bond motifs is 1. The molecule has 3 rings (SSSR count). The highest BCUT2D eigenvalue weighted by Crippen LogP contribution is 2.25. The molecule has 1 heterocycles. The summed E-state index contributed by atoms with van der Waals surface area (Å²) in [7, 11) is 1.43. The first-order chi connectivity index (χ1) is 12.4. The summed E-state index contributed by atoms with van der Waals surface area (Å²) in [6.07, 6.45) is 0.923. The lowest BCUT2D eigenvalue weighted by molar-refractivity contribution is 0.0693. The predicted molar refractivity (Wildman–Crippen MR) is 97.8 cm³/mol. The topological polar surface area (TPSA) is 75.7 Å². The average molecular weight is 352 g/mol. The fourth-order valence-electron chi connectivity index (χ4n) is 2.78. The molecule has 3 amide bonds. The Labute approximate surface area is 151 Å². The van der Waals surface area contributed by atoms with Gasteiger partial charge in [0.05, 0.1) is 17.7 Å². The molecule has 6 nitrogen and oxygen atoms in total. The lowest BCUT2D eigenvalue weighted by Crippen LogP contribution is -2.24. The van der Waals surface area contributed by atoms with Crippen molar-refractivity contribution < 1.29 is 19.1 Å². The fraction of sp³-hybridized carbons (Fsp3) is 0.250. The standard InChI is InChI=1S/C20H20N2O4/c1-4-9-26-14-6-8-17(12(2)10-14)21-18(23)13-5-7-15-16(11-13)20(25)22(3)19(15)24/h5-8,10-11H,4,9H2,1-3H3,(H,21,23). The third kappa shape index (κ3) is 3.18. The Morgan fingerprint density at radius 2 is 1.81 bits per heavy atom. The van der Waals surface area contributed by atoms with Gasteiger partial charge < -0.3 is 10.1 Å². The highest BCUT2D eigenvalue weighted by molar-refractivity contribution is 6.22. The molecule has 1 N–H and O–H groups in total. The van der Waals surface area contributed by atoms with E-state index < -0.39 is 5.91 Å². The number of hydrogen-bond donors (Lipinski definition) is 1. The normalized spacial score (nSPS) is 13.0. The molecule has 0 aliphatic carbocycles. The molecular formula is C20H20N2O4. The summed E-state index contributed by atoms with van der Waals surface area (Å²) in [5.41, 5.74) is 2.44. The van der Waals surface area contributed by atoms with E-state index in [9.17, 15) is 14.4 Å². The largest absolute Gasteiger partial charge is 0.494 e. The first-order valence-electron chi connectivity index (χ1n) is 8.43. The van der Waals surface area contributed by atoms with Gasteiger partial charge in [0.1, 0.15) is 5.75 Å². The van der Waals surface area contributed by atoms with E-state index in [0.29, 0.717) is 23.4 Å². The summed E-state index contributed by atoms with van der Waals surface area (Å²) in [6.45, 7) is 4.56. The first kappa shape index (κ1) is 17.7. The van der Waals surface area contributed by atoms with Crippen LogP contribution < -0.4 is 10.1 Å². The van der Waals surface area contributed by atoms with Gasteiger partial charge in [-0.25, -0.2) is 0 Å². The second-order valence-electron chi connectivity index (χ2n) is 6.21. The second kappa shape index (κ2) is 7.00. The minimum absolute atomic E-state index is 0.255. The molecule has 1 aliphatic rings. The zero-order valence-corrected chi connectivity index (χ0v) is 15.0. The van der Waals surface area contributed by atoms with Crippen LogP contribution in [0.2, 0.25) is 0 Å². The van der Waals surface area contributed by atoms with Crippen molar-refractivity contribution in [1.82, 2.24) is 4.90 Å². The van der Waals surface area contributed by atoms with Crippen LogP contribution in [0, 0.1) is 6.92 Å². The molecule has 6 heteroatoms. The van der Waals surface area contributed by atoms with Gasteiger partial charge in [0.2, 0.25) is 0 Å². The van der Waals surface area contributed by atoms with E-state index in [1.54, 1.807) is 18.2 Å². The van der Waals surface area contributed by atoms with Crippen LogP contribution in [0.25, 0.3) is 0 Å². The summed E-state index contributed by atoms with van der Waals surface area (Å²) in [5.74, 6) is -0.330. The number of benzene rings is 2. The van der Waals surface area contributed by atoms with E-state index >= 15 is 0 Å². The Morgan fingerprint density at radius 3 is 2.50 bits per heavy atom. The summed E-state index contributed by atoms with van der Waals surface area (Å²) in [4.78, 5) is 37.6. The molecule has 1 aliphatic heterocycles. The van der Waals surface area contributed by atoms with Crippen molar-refractivity contribution in [2.24, 2.45) is 0 Å². The number of rotatable bonds is 5. The number of anilines is 1. The molecule has 2 aromatic carbocycles. The van der Waals surface area contributed by atoms with Crippen molar-refractivity contribution in [2.75, 3.05) is 19.0 Å². The molecule has 0 saturated heterocycles. The lowest BCUT2D eigenvalue weighted by atomic mass is 10.0. The number of hydrogen-bond acceptors (Lipinski definition) is 4. The summed E-state index contributed by atoms with van der Waals surface area (Å²) in [5, 5.41) is 2.83. The maximum Gasteiger partial charge on any atom is 0.261 e. The van der Waals surface area contributed by atoms with E-state index in [2.05, 4.69) is 5.32 Å². The van der Waals surface area contributed by atoms with Crippen LogP contribution in [0.5, 0.6) is 5.75 Å². The maximum absolute atomic E-state index is 12.5. The fourth-order valence-corrected chi connectivity index (χ4v) is 2.78. The van der Waals surface area contributed by atoms with Crippen LogP contribution in [0.1, 0.15) is 50.0 Å². The van der Waals surface area contributed by atoms with Crippen LogP contribution in [0.15, 0.2) is 36.4 Å². The molecule has 0 spiro atoms. The third-order valence-corrected chi connectivity index (χ3v) is 4.27. The maximum atomic E-state index is 12.5. The van der Waals surface area contributed by atoms with Gasteiger partial charge in [0.25, 0.3) is 17.7 Å². The molecule has 0 unspecified atom stereocenters. The highest BCUT2D eigenvalue weighted by Gasteiger charge is 2.33. The van der Waals surface area contributed by atoms with Gasteiger partial charge in [0, 0.05) is 18.3 Å². The highest BCUT2D eigenvalue weighted by atomic mass is 16.5. The number of carbonyl (C=O) groups excluding carboxylic acids is 3. The Morgan fingerprint density at radius 1 is 1.08 bits per heavy atom. The number of ether oxygens (including phenoxy) is 1. The number of carbonyl (C=O) groups is 3. The smallest absolute Gasteiger partial charge is 0.261 e. The monoisotopic (exact) mass is 352 g/mol. The van der Waals surface area contributed by atoms with Gasteiger partial charge in [-0.3, -0.25) is 19.3 Å². The van der Waals surface area contributed by atoms with Crippen LogP contribution in [-0.4, -0.2) is 36.3 Å². The SMILES string of the molecule is CCCOc1ccc(NC(=O)c2ccc3c(c2)C(=O)N(C)C3=O)c(C)c1. The number of imide groups is 1. The quantitative estimate of drug-likeness (QED) is 0.838. The summed E-state index contributed by atoms with van der Waals surface area (Å²) < 4.78 is 5.58. The van der Waals surface area contributed by atoms with E-state index in [1.165, 1.54) is 19.2 Å². The number of nitrogens with one attached hydrogen (secondary N) is 1. The Hall–Kier alpha value is -3.15. The zero-order valence-electron chi connectivity index (χ0n) is 15.0. The Kier molecular flexibility index (Phi) is 4.75. The van der Waals surface area contributed by atoms with Crippen molar-refractivity contribution in [3.63, 3.8) is 0 Å². The van der Waals surface area contributed by atoms with E-state index in [4.69, 9.17) is 4.74 Å². The molecule has 134 valence electrons. The summed E-state index contributed by atoms with van der Waals surface area (Å²) >= 11 is 0. The second-order valence-corrected chi connectivity index (χ2v) is 6.21. The lowest BCUT2D eigenvalue weighted by Gasteiger charge is -2.11. The molecular weight excluding hydrogens is 332 g/mol. The van der Waals surface area contributed by atoms with Crippen molar-refractivity contribution >= 4 is 23.4 Å². The van der Waals surface area contributed by atoms with Crippen molar-refractivity contribution in [2.45, 2.75) is 20.3 Å². The number of aryl methyl sites for hydroxylation is 1. The Bertz CT molecular complexity index is 905. The van der Waals surface area contributed by atoms with Gasteiger partial charge >= 0.3 is 0 Å². The minimum Gasteiger partial charge on any atom is -0.494 e. The predicted octanol–water partition coefficient (Wildman–Crippen LogP) is 3.26. The molecule has 2 aromatic rings. The molecule has 0 radical (unpaired) electrons. The van der Waals surface area contributed by atoms with Crippen LogP contribution in [-0.2, 0) is 0 Å². The molecule has 0 aromatic heterocycles. The van der Waals surface area contributed by atoms with Gasteiger partial charge in [-0.15, -0.1) is 0 Å². The molecule has 0 saturated carbocycles. The molecule has 0 atom stereocenters. The first-order valence-corrected chi connectivity index (χ1v) is 8.43. The van der Waals surface area contributed by atoms with Crippen molar-refractivity contribution in [3.05, 3.63) is 58.7 Å². The van der Waals surface area contributed by atoms with Crippen LogP contribution >= 0.6 is 0 Å². The van der Waals surface area contributed by atoms with Gasteiger partial charge in [0.15, 0.2) is 0 Å². The van der Waals surface area contributed by atoms with E-state index in [1.807, 2.05) is 19.9 Å². The van der Waals surface area contributed by atoms with Crippen molar-refractivity contribution in [1.29, 1.82) is 0 Å². The summed E-state index contributed by atoms with van der Waals surface area (Å²) in [6, 6.07) is 9.98. The van der Waals surface area contributed by atoms with Crippen LogP contribution in [0.3, 0.4) is 0 Å². The third-order valence-electron chi connectivity index (χ3n) is 4.27. The van der Waals surface area contributed by atoms with Crippen molar-refractivity contribution in [3.8, 4) is 5.75 Å². The number of amides is 3. The van der Waals surface area contributed by atoms with Crippen LogP contribution in [0.4, 0.5) is 5.69 Å². The molecule has 0 bridgehead atoms.